The maximum Gasteiger partial charge on any atom is 0.323 e. The van der Waals surface area contributed by atoms with Gasteiger partial charge in [-0.2, -0.15) is 15.0 Å². The lowest BCUT2D eigenvalue weighted by Crippen LogP contribution is -2.15. The number of aromatic nitrogens is 5. The van der Waals surface area contributed by atoms with Gasteiger partial charge in [0.15, 0.2) is 0 Å². The first-order valence-corrected chi connectivity index (χ1v) is 6.28. The standard InChI is InChI=1S/C11H18N8O/c1-3-6-20-11-16-9(15-10(17-11)18-12)14-7-8-13-4-5-19(8)2/h4-5H,3,6-7,12H2,1-2H3,(H2,14,15,16,17,18). The van der Waals surface area contributed by atoms with E-state index in [0.717, 1.165) is 12.2 Å². The largest absolute Gasteiger partial charge is 0.463 e. The smallest absolute Gasteiger partial charge is 0.323 e. The second kappa shape index (κ2) is 6.66. The van der Waals surface area contributed by atoms with Crippen LogP contribution in [0.4, 0.5) is 11.9 Å². The molecule has 0 atom stereocenters. The first-order valence-electron chi connectivity index (χ1n) is 6.28. The second-order valence-electron chi connectivity index (χ2n) is 4.07. The molecule has 108 valence electrons. The molecule has 0 aliphatic carbocycles. The lowest BCUT2D eigenvalue weighted by atomic mass is 10.5. The summed E-state index contributed by atoms with van der Waals surface area (Å²) >= 11 is 0. The number of hydrogen-bond donors (Lipinski definition) is 3. The Kier molecular flexibility index (Phi) is 4.66. The van der Waals surface area contributed by atoms with Crippen molar-refractivity contribution in [2.75, 3.05) is 17.3 Å². The van der Waals surface area contributed by atoms with Crippen LogP contribution >= 0.6 is 0 Å². The Hall–Kier alpha value is -2.42. The van der Waals surface area contributed by atoms with E-state index in [-0.39, 0.29) is 12.0 Å². The number of nitrogens with two attached hydrogens (primary N) is 1. The normalized spacial score (nSPS) is 10.3. The Morgan fingerprint density at radius 3 is 2.75 bits per heavy atom. The molecular formula is C11H18N8O. The Morgan fingerprint density at radius 2 is 2.10 bits per heavy atom. The van der Waals surface area contributed by atoms with Crippen molar-refractivity contribution >= 4 is 11.9 Å². The summed E-state index contributed by atoms with van der Waals surface area (Å²) < 4.78 is 7.29. The third kappa shape index (κ3) is 3.54. The van der Waals surface area contributed by atoms with E-state index in [1.54, 1.807) is 6.20 Å². The SMILES string of the molecule is CCCOc1nc(NN)nc(NCc2nccn2C)n1. The first kappa shape index (κ1) is 14.0. The molecule has 2 aromatic rings. The van der Waals surface area contributed by atoms with Gasteiger partial charge in [0.1, 0.15) is 5.82 Å². The maximum absolute atomic E-state index is 5.38. The summed E-state index contributed by atoms with van der Waals surface area (Å²) in [6.45, 7) is 3.03. The van der Waals surface area contributed by atoms with Gasteiger partial charge in [0.05, 0.1) is 13.2 Å². The van der Waals surface area contributed by atoms with Crippen molar-refractivity contribution in [2.45, 2.75) is 19.9 Å². The Bertz CT molecular complexity index is 555. The van der Waals surface area contributed by atoms with Crippen molar-refractivity contribution in [3.8, 4) is 6.01 Å². The van der Waals surface area contributed by atoms with Crippen LogP contribution in [-0.2, 0) is 13.6 Å². The Morgan fingerprint density at radius 1 is 1.30 bits per heavy atom. The number of ether oxygens (including phenoxy) is 1. The molecule has 0 saturated heterocycles. The molecule has 9 nitrogen and oxygen atoms in total. The maximum atomic E-state index is 5.38. The summed E-state index contributed by atoms with van der Waals surface area (Å²) in [6, 6.07) is 0.233. The topological polar surface area (TPSA) is 116 Å². The van der Waals surface area contributed by atoms with E-state index in [0.29, 0.717) is 19.1 Å². The fraction of sp³-hybridized carbons (Fsp3) is 0.455. The summed E-state index contributed by atoms with van der Waals surface area (Å²) in [5.74, 6) is 6.81. The molecule has 0 fully saturated rings. The van der Waals surface area contributed by atoms with E-state index in [4.69, 9.17) is 10.6 Å². The lowest BCUT2D eigenvalue weighted by molar-refractivity contribution is 0.292. The number of nitrogens with zero attached hydrogens (tertiary/aromatic N) is 5. The van der Waals surface area contributed by atoms with Crippen LogP contribution in [0.5, 0.6) is 6.01 Å². The minimum Gasteiger partial charge on any atom is -0.463 e. The van der Waals surface area contributed by atoms with Crippen LogP contribution < -0.4 is 21.3 Å². The predicted octanol–water partition coefficient (Wildman–Crippen LogP) is 0.292. The van der Waals surface area contributed by atoms with Gasteiger partial charge in [-0.1, -0.05) is 6.92 Å². The number of hydrogen-bond acceptors (Lipinski definition) is 8. The number of aryl methyl sites for hydroxylation is 1. The predicted molar refractivity (Wildman–Crippen MR) is 74.0 cm³/mol. The van der Waals surface area contributed by atoms with Crippen molar-refractivity contribution in [2.24, 2.45) is 12.9 Å². The zero-order valence-electron chi connectivity index (χ0n) is 11.5. The molecule has 0 bridgehead atoms. The average Bonchev–Trinajstić information content (AvgIpc) is 2.88. The summed E-state index contributed by atoms with van der Waals surface area (Å²) in [5, 5.41) is 3.06. The van der Waals surface area contributed by atoms with Crippen molar-refractivity contribution in [1.82, 2.24) is 24.5 Å². The summed E-state index contributed by atoms with van der Waals surface area (Å²) in [4.78, 5) is 16.5. The van der Waals surface area contributed by atoms with Crippen LogP contribution in [-0.4, -0.2) is 31.1 Å². The molecule has 0 radical (unpaired) electrons. The number of imidazole rings is 1. The van der Waals surface area contributed by atoms with Gasteiger partial charge in [0.25, 0.3) is 0 Å². The van der Waals surface area contributed by atoms with Crippen LogP contribution in [0.1, 0.15) is 19.2 Å². The van der Waals surface area contributed by atoms with Gasteiger partial charge in [-0.25, -0.2) is 10.8 Å². The zero-order chi connectivity index (χ0) is 14.4. The number of nitrogens with one attached hydrogen (secondary N) is 2. The number of hydrazine groups is 1. The van der Waals surface area contributed by atoms with Crippen molar-refractivity contribution in [1.29, 1.82) is 0 Å². The third-order valence-corrected chi connectivity index (χ3v) is 2.50. The first-order chi connectivity index (χ1) is 9.72. The summed E-state index contributed by atoms with van der Waals surface area (Å²) in [5.41, 5.74) is 2.39. The van der Waals surface area contributed by atoms with Gasteiger partial charge >= 0.3 is 6.01 Å². The molecule has 2 aromatic heterocycles. The molecule has 0 unspecified atom stereocenters. The highest BCUT2D eigenvalue weighted by molar-refractivity contribution is 5.35. The fourth-order valence-electron chi connectivity index (χ4n) is 1.48. The van der Waals surface area contributed by atoms with Crippen LogP contribution in [0.2, 0.25) is 0 Å². The van der Waals surface area contributed by atoms with E-state index in [9.17, 15) is 0 Å². The molecule has 0 amide bonds. The van der Waals surface area contributed by atoms with E-state index >= 15 is 0 Å². The van der Waals surface area contributed by atoms with E-state index in [1.807, 2.05) is 24.7 Å². The molecule has 2 heterocycles. The van der Waals surface area contributed by atoms with Gasteiger partial charge < -0.3 is 14.6 Å². The molecule has 0 aromatic carbocycles. The highest BCUT2D eigenvalue weighted by atomic mass is 16.5. The molecule has 0 aliphatic heterocycles. The minimum atomic E-state index is 0.233. The molecule has 0 aliphatic rings. The van der Waals surface area contributed by atoms with E-state index in [1.165, 1.54) is 0 Å². The zero-order valence-corrected chi connectivity index (χ0v) is 11.5. The van der Waals surface area contributed by atoms with Gasteiger partial charge in [0.2, 0.25) is 11.9 Å². The highest BCUT2D eigenvalue weighted by Gasteiger charge is 2.07. The monoisotopic (exact) mass is 278 g/mol. The number of anilines is 2. The van der Waals surface area contributed by atoms with Crippen LogP contribution in [0.25, 0.3) is 0 Å². The fourth-order valence-corrected chi connectivity index (χ4v) is 1.48. The van der Waals surface area contributed by atoms with Crippen LogP contribution in [0, 0.1) is 0 Å². The number of rotatable bonds is 7. The summed E-state index contributed by atoms with van der Waals surface area (Å²) in [6.07, 6.45) is 4.47. The molecule has 0 saturated carbocycles. The van der Waals surface area contributed by atoms with Crippen LogP contribution in [0.15, 0.2) is 12.4 Å². The molecule has 20 heavy (non-hydrogen) atoms. The van der Waals surface area contributed by atoms with Crippen molar-refractivity contribution in [3.63, 3.8) is 0 Å². The number of nitrogen functional groups attached to an aromatic ring is 1. The highest BCUT2D eigenvalue weighted by Crippen LogP contribution is 2.11. The Balaban J connectivity index is 2.07. The lowest BCUT2D eigenvalue weighted by Gasteiger charge is -2.08. The third-order valence-electron chi connectivity index (χ3n) is 2.50. The second-order valence-corrected chi connectivity index (χ2v) is 4.07. The van der Waals surface area contributed by atoms with Gasteiger partial charge in [0, 0.05) is 19.4 Å². The average molecular weight is 278 g/mol. The van der Waals surface area contributed by atoms with Crippen LogP contribution in [0.3, 0.4) is 0 Å². The Labute approximate surface area is 116 Å². The molecule has 4 N–H and O–H groups in total. The molecule has 2 rings (SSSR count). The van der Waals surface area contributed by atoms with E-state index in [2.05, 4.69) is 30.7 Å². The molecule has 0 spiro atoms. The van der Waals surface area contributed by atoms with Gasteiger partial charge in [-0.05, 0) is 6.42 Å². The van der Waals surface area contributed by atoms with Gasteiger partial charge in [-0.15, -0.1) is 0 Å². The molecular weight excluding hydrogens is 260 g/mol. The van der Waals surface area contributed by atoms with Crippen molar-refractivity contribution in [3.05, 3.63) is 18.2 Å². The molecule has 9 heteroatoms. The quantitative estimate of drug-likeness (QED) is 0.489. The summed E-state index contributed by atoms with van der Waals surface area (Å²) in [7, 11) is 1.92. The van der Waals surface area contributed by atoms with E-state index < -0.39 is 0 Å². The van der Waals surface area contributed by atoms with Crippen molar-refractivity contribution < 1.29 is 4.74 Å². The van der Waals surface area contributed by atoms with Gasteiger partial charge in [-0.3, -0.25) is 5.43 Å². The minimum absolute atomic E-state index is 0.233.